The Morgan fingerprint density at radius 2 is 2.10 bits per heavy atom. The van der Waals surface area contributed by atoms with E-state index >= 15 is 0 Å². The van der Waals surface area contributed by atoms with E-state index in [1.54, 1.807) is 37.3 Å². The van der Waals surface area contributed by atoms with E-state index in [2.05, 4.69) is 17.1 Å². The zero-order chi connectivity index (χ0) is 14.7. The molecular weight excluding hydrogens is 258 g/mol. The van der Waals surface area contributed by atoms with E-state index in [-0.39, 0.29) is 5.91 Å². The topological polar surface area (TPSA) is 82.0 Å². The molecule has 104 valence electrons. The molecule has 0 radical (unpaired) electrons. The number of nitrogens with zero attached hydrogens (tertiary/aromatic N) is 2. The molecular formula is C14H15N3O3. The minimum Gasteiger partial charge on any atom is -0.411 e. The lowest BCUT2D eigenvalue weighted by Crippen LogP contribution is -2.31. The van der Waals surface area contributed by atoms with Crippen molar-refractivity contribution in [1.82, 2.24) is 5.32 Å². The zero-order valence-electron chi connectivity index (χ0n) is 11.0. The highest BCUT2D eigenvalue weighted by molar-refractivity contribution is 6.21. The fourth-order valence-electron chi connectivity index (χ4n) is 2.01. The van der Waals surface area contributed by atoms with Crippen LogP contribution in [0, 0.1) is 0 Å². The van der Waals surface area contributed by atoms with Crippen LogP contribution in [0.2, 0.25) is 0 Å². The van der Waals surface area contributed by atoms with E-state index in [1.165, 1.54) is 0 Å². The Morgan fingerprint density at radius 1 is 1.45 bits per heavy atom. The number of nitrogens with one attached hydrogen (secondary N) is 1. The molecule has 0 aliphatic carbocycles. The Balaban J connectivity index is 2.25. The standard InChI is InChI=1S/C14H15N3O3/c1-3-4-12-13(18)17(14(19)15-12)11-7-5-10(6-8-11)9(2)16-20/h3,5-8,12,20H,1,4H2,2H3,(H,15,19)/b16-9+. The second-order valence-corrected chi connectivity index (χ2v) is 4.43. The molecule has 1 aromatic rings. The number of hydrogen-bond acceptors (Lipinski definition) is 4. The van der Waals surface area contributed by atoms with Crippen LogP contribution in [0.3, 0.4) is 0 Å². The summed E-state index contributed by atoms with van der Waals surface area (Å²) in [6.45, 7) is 5.22. The van der Waals surface area contributed by atoms with Crippen molar-refractivity contribution in [3.8, 4) is 0 Å². The molecule has 0 spiro atoms. The van der Waals surface area contributed by atoms with Crippen molar-refractivity contribution >= 4 is 23.3 Å². The van der Waals surface area contributed by atoms with Crippen LogP contribution in [-0.4, -0.2) is 28.9 Å². The van der Waals surface area contributed by atoms with Crippen molar-refractivity contribution < 1.29 is 14.8 Å². The van der Waals surface area contributed by atoms with E-state index < -0.39 is 12.1 Å². The lowest BCUT2D eigenvalue weighted by Gasteiger charge is -2.13. The lowest BCUT2D eigenvalue weighted by atomic mass is 10.1. The highest BCUT2D eigenvalue weighted by Gasteiger charge is 2.38. The number of carbonyl (C=O) groups is 2. The lowest BCUT2D eigenvalue weighted by molar-refractivity contribution is -0.118. The summed E-state index contributed by atoms with van der Waals surface area (Å²) in [7, 11) is 0. The van der Waals surface area contributed by atoms with E-state index in [4.69, 9.17) is 5.21 Å². The number of oxime groups is 1. The molecule has 1 heterocycles. The Hall–Kier alpha value is -2.63. The highest BCUT2D eigenvalue weighted by Crippen LogP contribution is 2.21. The van der Waals surface area contributed by atoms with E-state index in [1.807, 2.05) is 0 Å². The molecule has 1 fully saturated rings. The van der Waals surface area contributed by atoms with Crippen LogP contribution >= 0.6 is 0 Å². The summed E-state index contributed by atoms with van der Waals surface area (Å²) in [5.41, 5.74) is 1.65. The van der Waals surface area contributed by atoms with Gasteiger partial charge in [0.25, 0.3) is 5.91 Å². The van der Waals surface area contributed by atoms with Gasteiger partial charge in [0, 0.05) is 0 Å². The molecule has 1 aliphatic heterocycles. The number of carbonyl (C=O) groups excluding carboxylic acids is 2. The van der Waals surface area contributed by atoms with Gasteiger partial charge in [0.05, 0.1) is 11.4 Å². The molecule has 1 aliphatic rings. The Morgan fingerprint density at radius 3 is 2.65 bits per heavy atom. The number of amides is 3. The summed E-state index contributed by atoms with van der Waals surface area (Å²) < 4.78 is 0. The third kappa shape index (κ3) is 2.40. The molecule has 6 nitrogen and oxygen atoms in total. The molecule has 1 atom stereocenters. The molecule has 6 heteroatoms. The van der Waals surface area contributed by atoms with Gasteiger partial charge in [-0.3, -0.25) is 4.79 Å². The molecule has 1 saturated heterocycles. The molecule has 3 amide bonds. The van der Waals surface area contributed by atoms with Crippen LogP contribution in [0.15, 0.2) is 42.1 Å². The van der Waals surface area contributed by atoms with E-state index in [0.717, 1.165) is 4.90 Å². The smallest absolute Gasteiger partial charge is 0.329 e. The summed E-state index contributed by atoms with van der Waals surface area (Å²) in [6.07, 6.45) is 1.99. The largest absolute Gasteiger partial charge is 0.411 e. The summed E-state index contributed by atoms with van der Waals surface area (Å²) in [5.74, 6) is -0.296. The number of hydrogen-bond donors (Lipinski definition) is 2. The van der Waals surface area contributed by atoms with E-state index in [0.29, 0.717) is 23.4 Å². The number of imide groups is 1. The molecule has 0 saturated carbocycles. The quantitative estimate of drug-likeness (QED) is 0.289. The second-order valence-electron chi connectivity index (χ2n) is 4.43. The van der Waals surface area contributed by atoms with Gasteiger partial charge in [-0.05, 0) is 31.0 Å². The van der Waals surface area contributed by atoms with Crippen LogP contribution in [0.1, 0.15) is 18.9 Å². The van der Waals surface area contributed by atoms with Crippen molar-refractivity contribution in [2.24, 2.45) is 5.16 Å². The number of anilines is 1. The molecule has 2 rings (SSSR count). The van der Waals surface area contributed by atoms with Gasteiger partial charge < -0.3 is 10.5 Å². The Kier molecular flexibility index (Phi) is 3.84. The van der Waals surface area contributed by atoms with Gasteiger partial charge in [0.1, 0.15) is 6.04 Å². The third-order valence-electron chi connectivity index (χ3n) is 3.11. The molecule has 1 unspecified atom stereocenters. The van der Waals surface area contributed by atoms with Crippen molar-refractivity contribution in [2.75, 3.05) is 4.90 Å². The van der Waals surface area contributed by atoms with Gasteiger partial charge in [0.15, 0.2) is 0 Å². The van der Waals surface area contributed by atoms with Gasteiger partial charge >= 0.3 is 6.03 Å². The highest BCUT2D eigenvalue weighted by atomic mass is 16.4. The second kappa shape index (κ2) is 5.56. The summed E-state index contributed by atoms with van der Waals surface area (Å²) in [4.78, 5) is 25.1. The van der Waals surface area contributed by atoms with Crippen LogP contribution in [0.25, 0.3) is 0 Å². The molecule has 1 aromatic carbocycles. The molecule has 2 N–H and O–H groups in total. The molecule has 0 aromatic heterocycles. The van der Waals surface area contributed by atoms with E-state index in [9.17, 15) is 9.59 Å². The van der Waals surface area contributed by atoms with Crippen LogP contribution in [0.5, 0.6) is 0 Å². The average Bonchev–Trinajstić information content (AvgIpc) is 2.73. The van der Waals surface area contributed by atoms with Crippen molar-refractivity contribution in [3.63, 3.8) is 0 Å². The van der Waals surface area contributed by atoms with Crippen molar-refractivity contribution in [1.29, 1.82) is 0 Å². The number of rotatable bonds is 4. The van der Waals surface area contributed by atoms with Crippen LogP contribution in [0.4, 0.5) is 10.5 Å². The first-order valence-electron chi connectivity index (χ1n) is 6.13. The predicted octanol–water partition coefficient (Wildman–Crippen LogP) is 1.89. The minimum atomic E-state index is -0.555. The fraction of sp³-hybridized carbons (Fsp3) is 0.214. The van der Waals surface area contributed by atoms with Crippen molar-refractivity contribution in [3.05, 3.63) is 42.5 Å². The summed E-state index contributed by atoms with van der Waals surface area (Å²) in [6, 6.07) is 5.65. The normalized spacial score (nSPS) is 19.1. The van der Waals surface area contributed by atoms with Gasteiger partial charge in [0.2, 0.25) is 0 Å². The maximum Gasteiger partial charge on any atom is 0.329 e. The number of urea groups is 1. The summed E-state index contributed by atoms with van der Waals surface area (Å²) >= 11 is 0. The maximum atomic E-state index is 12.1. The zero-order valence-corrected chi connectivity index (χ0v) is 11.0. The first-order chi connectivity index (χ1) is 9.58. The third-order valence-corrected chi connectivity index (χ3v) is 3.11. The maximum absolute atomic E-state index is 12.1. The minimum absolute atomic E-state index is 0.296. The SMILES string of the molecule is C=CCC1NC(=O)N(c2ccc(/C(C)=N/O)cc2)C1=O. The number of benzene rings is 1. The Bertz CT molecular complexity index is 578. The van der Waals surface area contributed by atoms with Crippen molar-refractivity contribution in [2.45, 2.75) is 19.4 Å². The molecule has 20 heavy (non-hydrogen) atoms. The molecule has 0 bridgehead atoms. The van der Waals surface area contributed by atoms with Gasteiger partial charge in [-0.1, -0.05) is 23.4 Å². The monoisotopic (exact) mass is 273 g/mol. The first-order valence-corrected chi connectivity index (χ1v) is 6.13. The van der Waals surface area contributed by atoms with Crippen LogP contribution < -0.4 is 10.2 Å². The fourth-order valence-corrected chi connectivity index (χ4v) is 2.01. The summed E-state index contributed by atoms with van der Waals surface area (Å²) in [5, 5.41) is 14.4. The van der Waals surface area contributed by atoms with Gasteiger partial charge in [-0.15, -0.1) is 6.58 Å². The first kappa shape index (κ1) is 13.8. The Labute approximate surface area is 116 Å². The predicted molar refractivity (Wildman–Crippen MR) is 75.1 cm³/mol. The average molecular weight is 273 g/mol. The van der Waals surface area contributed by atoms with Crippen LogP contribution in [-0.2, 0) is 4.79 Å². The van der Waals surface area contributed by atoms with Gasteiger partial charge in [-0.25, -0.2) is 9.69 Å². The van der Waals surface area contributed by atoms with Gasteiger partial charge in [-0.2, -0.15) is 0 Å².